The van der Waals surface area contributed by atoms with Crippen LogP contribution in [-0.4, -0.2) is 15.8 Å². The molecule has 0 saturated heterocycles. The van der Waals surface area contributed by atoms with Gasteiger partial charge in [-0.25, -0.2) is 4.98 Å². The van der Waals surface area contributed by atoms with E-state index in [0.29, 0.717) is 6.54 Å². The number of benzene rings is 2. The van der Waals surface area contributed by atoms with Crippen LogP contribution in [0, 0.1) is 0 Å². The number of hydrogen-bond donors (Lipinski definition) is 0. The van der Waals surface area contributed by atoms with Crippen molar-refractivity contribution >= 4 is 33.3 Å². The quantitative estimate of drug-likeness (QED) is 0.365. The second-order valence-electron chi connectivity index (χ2n) is 6.72. The van der Waals surface area contributed by atoms with E-state index in [1.165, 1.54) is 33.3 Å². The molecule has 0 aliphatic heterocycles. The Labute approximate surface area is 165 Å². The van der Waals surface area contributed by atoms with E-state index in [-0.39, 0.29) is 5.56 Å². The number of nitrogens with zero attached hydrogens (tertiary/aromatic N) is 2. The summed E-state index contributed by atoms with van der Waals surface area (Å²) in [5, 5.41) is 1.60. The standard InChI is InChI=1S/C22H18N2OS2/c1-26-22-23-20-18(21(25)24(22)13-14-7-3-2-4-8-14)17-12-11-15-9-5-6-10-16(15)19(17)27-20/h2-10H,11-13H2,1H3. The summed E-state index contributed by atoms with van der Waals surface area (Å²) in [4.78, 5) is 20.4. The number of thioether (sulfide) groups is 1. The van der Waals surface area contributed by atoms with Crippen molar-refractivity contribution in [1.82, 2.24) is 9.55 Å². The zero-order chi connectivity index (χ0) is 18.4. The van der Waals surface area contributed by atoms with E-state index in [1.807, 2.05) is 29.0 Å². The Hall–Kier alpha value is -2.37. The highest BCUT2D eigenvalue weighted by molar-refractivity contribution is 7.98. The topological polar surface area (TPSA) is 34.9 Å². The summed E-state index contributed by atoms with van der Waals surface area (Å²) < 4.78 is 1.83. The molecule has 2 heterocycles. The fourth-order valence-corrected chi connectivity index (χ4v) is 5.74. The molecule has 0 spiro atoms. The third kappa shape index (κ3) is 2.73. The number of fused-ring (bicyclic) bond motifs is 5. The molecule has 1 aliphatic rings. The maximum Gasteiger partial charge on any atom is 0.263 e. The summed E-state index contributed by atoms with van der Waals surface area (Å²) in [7, 11) is 0. The predicted octanol–water partition coefficient (Wildman–Crippen LogP) is 4.99. The van der Waals surface area contributed by atoms with Crippen LogP contribution in [-0.2, 0) is 19.4 Å². The zero-order valence-electron chi connectivity index (χ0n) is 14.9. The molecule has 0 saturated carbocycles. The molecule has 5 rings (SSSR count). The predicted molar refractivity (Wildman–Crippen MR) is 114 cm³/mol. The SMILES string of the molecule is CSc1nc2sc3c(c2c(=O)n1Cc1ccccc1)CCc1ccccc1-3. The van der Waals surface area contributed by atoms with Crippen molar-refractivity contribution in [2.24, 2.45) is 0 Å². The molecular weight excluding hydrogens is 372 g/mol. The van der Waals surface area contributed by atoms with Gasteiger partial charge in [0.1, 0.15) is 4.83 Å². The average Bonchev–Trinajstić information content (AvgIpc) is 3.10. The Morgan fingerprint density at radius 2 is 1.85 bits per heavy atom. The summed E-state index contributed by atoms with van der Waals surface area (Å²) in [6, 6.07) is 18.7. The van der Waals surface area contributed by atoms with Gasteiger partial charge in [-0.1, -0.05) is 66.4 Å². The van der Waals surface area contributed by atoms with Crippen LogP contribution in [0.1, 0.15) is 16.7 Å². The van der Waals surface area contributed by atoms with Crippen LogP contribution >= 0.6 is 23.1 Å². The number of aromatic nitrogens is 2. The molecule has 0 bridgehead atoms. The summed E-state index contributed by atoms with van der Waals surface area (Å²) >= 11 is 3.20. The van der Waals surface area contributed by atoms with Crippen molar-refractivity contribution < 1.29 is 0 Å². The highest BCUT2D eigenvalue weighted by Gasteiger charge is 2.25. The molecule has 2 aromatic heterocycles. The zero-order valence-corrected chi connectivity index (χ0v) is 16.6. The van der Waals surface area contributed by atoms with Gasteiger partial charge >= 0.3 is 0 Å². The second-order valence-corrected chi connectivity index (χ2v) is 8.49. The monoisotopic (exact) mass is 390 g/mol. The molecule has 0 amide bonds. The lowest BCUT2D eigenvalue weighted by molar-refractivity contribution is 0.659. The molecule has 1 aliphatic carbocycles. The van der Waals surface area contributed by atoms with E-state index >= 15 is 0 Å². The fraction of sp³-hybridized carbons (Fsp3) is 0.182. The van der Waals surface area contributed by atoms with Crippen LogP contribution < -0.4 is 5.56 Å². The molecule has 3 nitrogen and oxygen atoms in total. The van der Waals surface area contributed by atoms with Crippen molar-refractivity contribution in [3.8, 4) is 10.4 Å². The van der Waals surface area contributed by atoms with Gasteiger partial charge in [0.2, 0.25) is 0 Å². The Bertz CT molecular complexity index is 1210. The van der Waals surface area contributed by atoms with E-state index in [0.717, 1.165) is 33.8 Å². The van der Waals surface area contributed by atoms with Gasteiger partial charge in [0.25, 0.3) is 5.56 Å². The fourth-order valence-electron chi connectivity index (χ4n) is 3.86. The van der Waals surface area contributed by atoms with Gasteiger partial charge in [0, 0.05) is 4.88 Å². The Morgan fingerprint density at radius 1 is 1.07 bits per heavy atom. The molecule has 134 valence electrons. The van der Waals surface area contributed by atoms with Crippen LogP contribution in [0.2, 0.25) is 0 Å². The normalized spacial score (nSPS) is 12.8. The summed E-state index contributed by atoms with van der Waals surface area (Å²) in [5.41, 5.74) is 5.02. The second kappa shape index (κ2) is 6.66. The molecule has 4 aromatic rings. The summed E-state index contributed by atoms with van der Waals surface area (Å²) in [6.45, 7) is 0.556. The van der Waals surface area contributed by atoms with Crippen LogP contribution in [0.15, 0.2) is 64.5 Å². The third-order valence-electron chi connectivity index (χ3n) is 5.15. The summed E-state index contributed by atoms with van der Waals surface area (Å²) in [5.74, 6) is 0. The van der Waals surface area contributed by atoms with E-state index in [9.17, 15) is 4.79 Å². The molecular formula is C22H18N2OS2. The minimum absolute atomic E-state index is 0.0880. The first-order valence-corrected chi connectivity index (χ1v) is 11.0. The lowest BCUT2D eigenvalue weighted by Crippen LogP contribution is -2.24. The van der Waals surface area contributed by atoms with Crippen molar-refractivity contribution in [3.63, 3.8) is 0 Å². The lowest BCUT2D eigenvalue weighted by Gasteiger charge is -2.16. The van der Waals surface area contributed by atoms with E-state index < -0.39 is 0 Å². The maximum absolute atomic E-state index is 13.5. The summed E-state index contributed by atoms with van der Waals surface area (Å²) in [6.07, 6.45) is 3.88. The highest BCUT2D eigenvalue weighted by Crippen LogP contribution is 2.42. The molecule has 5 heteroatoms. The molecule has 27 heavy (non-hydrogen) atoms. The molecule has 0 unspecified atom stereocenters. The maximum atomic E-state index is 13.5. The van der Waals surface area contributed by atoms with Crippen LogP contribution in [0.25, 0.3) is 20.7 Å². The van der Waals surface area contributed by atoms with Gasteiger partial charge < -0.3 is 0 Å². The number of thiophene rings is 1. The van der Waals surface area contributed by atoms with Gasteiger partial charge in [-0.2, -0.15) is 0 Å². The highest BCUT2D eigenvalue weighted by atomic mass is 32.2. The first kappa shape index (κ1) is 16.8. The van der Waals surface area contributed by atoms with E-state index in [2.05, 4.69) is 36.4 Å². The number of hydrogen-bond acceptors (Lipinski definition) is 4. The van der Waals surface area contributed by atoms with E-state index in [1.54, 1.807) is 11.3 Å². The largest absolute Gasteiger partial charge is 0.283 e. The van der Waals surface area contributed by atoms with Crippen LogP contribution in [0.4, 0.5) is 0 Å². The smallest absolute Gasteiger partial charge is 0.263 e. The average molecular weight is 391 g/mol. The van der Waals surface area contributed by atoms with Crippen LogP contribution in [0.5, 0.6) is 0 Å². The molecule has 2 aromatic carbocycles. The van der Waals surface area contributed by atoms with Crippen molar-refractivity contribution in [2.75, 3.05) is 6.26 Å². The lowest BCUT2D eigenvalue weighted by atomic mass is 9.90. The number of aryl methyl sites for hydroxylation is 2. The van der Waals surface area contributed by atoms with Gasteiger partial charge in [0.05, 0.1) is 11.9 Å². The van der Waals surface area contributed by atoms with Gasteiger partial charge in [-0.3, -0.25) is 9.36 Å². The van der Waals surface area contributed by atoms with Gasteiger partial charge in [-0.15, -0.1) is 11.3 Å². The first-order valence-electron chi connectivity index (χ1n) is 8.98. The van der Waals surface area contributed by atoms with Gasteiger partial charge in [0.15, 0.2) is 5.16 Å². The first-order chi connectivity index (χ1) is 13.3. The molecule has 0 radical (unpaired) electrons. The molecule has 0 atom stereocenters. The Balaban J connectivity index is 1.75. The van der Waals surface area contributed by atoms with Crippen molar-refractivity contribution in [2.45, 2.75) is 24.5 Å². The van der Waals surface area contributed by atoms with Crippen molar-refractivity contribution in [1.29, 1.82) is 0 Å². The third-order valence-corrected chi connectivity index (χ3v) is 6.98. The Morgan fingerprint density at radius 3 is 2.67 bits per heavy atom. The molecule has 0 fully saturated rings. The number of rotatable bonds is 3. The minimum atomic E-state index is 0.0880. The van der Waals surface area contributed by atoms with Gasteiger partial charge in [-0.05, 0) is 41.4 Å². The minimum Gasteiger partial charge on any atom is -0.283 e. The van der Waals surface area contributed by atoms with E-state index in [4.69, 9.17) is 4.98 Å². The molecule has 0 N–H and O–H groups in total. The Kier molecular flexibility index (Phi) is 4.14. The van der Waals surface area contributed by atoms with Crippen LogP contribution in [0.3, 0.4) is 0 Å². The van der Waals surface area contributed by atoms with Crippen molar-refractivity contribution in [3.05, 3.63) is 81.6 Å².